The van der Waals surface area contributed by atoms with E-state index in [2.05, 4.69) is 0 Å². The lowest BCUT2D eigenvalue weighted by molar-refractivity contribution is -0.137. The first-order valence-electron chi connectivity index (χ1n) is 6.55. The molecule has 0 fully saturated rings. The SMILES string of the molecule is Cc1ccc(O)c(C(=O)CCCCCCC(=O)O)c1. The lowest BCUT2D eigenvalue weighted by Gasteiger charge is -2.05. The number of unbranched alkanes of at least 4 members (excludes halogenated alkanes) is 3. The number of phenolic OH excluding ortho intramolecular Hbond substituents is 1. The predicted octanol–water partition coefficient (Wildman–Crippen LogP) is 3.31. The highest BCUT2D eigenvalue weighted by molar-refractivity contribution is 5.98. The van der Waals surface area contributed by atoms with Gasteiger partial charge in [-0.05, 0) is 31.9 Å². The van der Waals surface area contributed by atoms with Crippen LogP contribution in [0.15, 0.2) is 18.2 Å². The molecule has 0 spiro atoms. The first-order chi connectivity index (χ1) is 9.00. The summed E-state index contributed by atoms with van der Waals surface area (Å²) in [7, 11) is 0. The first kappa shape index (κ1) is 15.2. The fraction of sp³-hybridized carbons (Fsp3) is 0.467. The number of hydrogen-bond acceptors (Lipinski definition) is 3. The van der Waals surface area contributed by atoms with Crippen molar-refractivity contribution in [3.8, 4) is 5.75 Å². The van der Waals surface area contributed by atoms with E-state index in [0.29, 0.717) is 18.4 Å². The van der Waals surface area contributed by atoms with E-state index in [1.54, 1.807) is 12.1 Å². The van der Waals surface area contributed by atoms with Gasteiger partial charge < -0.3 is 10.2 Å². The fourth-order valence-corrected chi connectivity index (χ4v) is 1.92. The van der Waals surface area contributed by atoms with Crippen molar-refractivity contribution in [2.45, 2.75) is 45.4 Å². The summed E-state index contributed by atoms with van der Waals surface area (Å²) in [5.74, 6) is -0.804. The number of phenols is 1. The summed E-state index contributed by atoms with van der Waals surface area (Å²) in [5.41, 5.74) is 1.33. The molecule has 4 nitrogen and oxygen atoms in total. The molecule has 4 heteroatoms. The predicted molar refractivity (Wildman–Crippen MR) is 72.5 cm³/mol. The van der Waals surface area contributed by atoms with E-state index in [-0.39, 0.29) is 18.0 Å². The number of ketones is 1. The summed E-state index contributed by atoms with van der Waals surface area (Å²) < 4.78 is 0. The van der Waals surface area contributed by atoms with Crippen molar-refractivity contribution in [1.82, 2.24) is 0 Å². The van der Waals surface area contributed by atoms with Crippen LogP contribution in [0.5, 0.6) is 5.75 Å². The third-order valence-electron chi connectivity index (χ3n) is 3.00. The molecule has 2 N–H and O–H groups in total. The van der Waals surface area contributed by atoms with Gasteiger partial charge in [-0.2, -0.15) is 0 Å². The van der Waals surface area contributed by atoms with Crippen LogP contribution in [0.25, 0.3) is 0 Å². The third kappa shape index (κ3) is 5.55. The number of aliphatic carboxylic acids is 1. The van der Waals surface area contributed by atoms with Crippen molar-refractivity contribution >= 4 is 11.8 Å². The average Bonchev–Trinajstić information content (AvgIpc) is 2.36. The van der Waals surface area contributed by atoms with Crippen LogP contribution in [0.3, 0.4) is 0 Å². The fourth-order valence-electron chi connectivity index (χ4n) is 1.92. The number of carboxylic acid groups (broad SMARTS) is 1. The molecule has 1 rings (SSSR count). The molecule has 0 amide bonds. The highest BCUT2D eigenvalue weighted by Gasteiger charge is 2.10. The number of benzene rings is 1. The van der Waals surface area contributed by atoms with E-state index < -0.39 is 5.97 Å². The Bertz CT molecular complexity index is 451. The van der Waals surface area contributed by atoms with Crippen LogP contribution in [-0.2, 0) is 4.79 Å². The number of hydrogen-bond donors (Lipinski definition) is 2. The van der Waals surface area contributed by atoms with Crippen molar-refractivity contribution < 1.29 is 19.8 Å². The average molecular weight is 264 g/mol. The molecule has 1 aromatic rings. The smallest absolute Gasteiger partial charge is 0.303 e. The van der Waals surface area contributed by atoms with Crippen molar-refractivity contribution in [3.05, 3.63) is 29.3 Å². The van der Waals surface area contributed by atoms with Crippen molar-refractivity contribution in [2.75, 3.05) is 0 Å². The number of Topliss-reactive ketones (excluding diaryl/α,β-unsaturated/α-hetero) is 1. The van der Waals surface area contributed by atoms with Gasteiger partial charge in [0.15, 0.2) is 5.78 Å². The van der Waals surface area contributed by atoms with Crippen LogP contribution in [0.1, 0.15) is 54.4 Å². The van der Waals surface area contributed by atoms with Crippen LogP contribution in [0.2, 0.25) is 0 Å². The molecule has 0 aliphatic carbocycles. The van der Waals surface area contributed by atoms with E-state index in [1.165, 1.54) is 6.07 Å². The van der Waals surface area contributed by atoms with Gasteiger partial charge in [-0.25, -0.2) is 0 Å². The summed E-state index contributed by atoms with van der Waals surface area (Å²) in [6, 6.07) is 5.00. The monoisotopic (exact) mass is 264 g/mol. The van der Waals surface area contributed by atoms with E-state index in [9.17, 15) is 14.7 Å². The summed E-state index contributed by atoms with van der Waals surface area (Å²) >= 11 is 0. The Hall–Kier alpha value is -1.84. The molecular weight excluding hydrogens is 244 g/mol. The Labute approximate surface area is 113 Å². The van der Waals surface area contributed by atoms with Gasteiger partial charge in [0.1, 0.15) is 5.75 Å². The number of aromatic hydroxyl groups is 1. The van der Waals surface area contributed by atoms with Crippen molar-refractivity contribution in [1.29, 1.82) is 0 Å². The van der Waals surface area contributed by atoms with Gasteiger partial charge in [-0.3, -0.25) is 9.59 Å². The highest BCUT2D eigenvalue weighted by atomic mass is 16.4. The minimum atomic E-state index is -0.777. The topological polar surface area (TPSA) is 74.6 Å². The minimum absolute atomic E-state index is 0.0291. The van der Waals surface area contributed by atoms with Crippen LogP contribution in [0.4, 0.5) is 0 Å². The van der Waals surface area contributed by atoms with Gasteiger partial charge in [-0.15, -0.1) is 0 Å². The Morgan fingerprint density at radius 3 is 2.32 bits per heavy atom. The molecule has 0 aliphatic rings. The van der Waals surface area contributed by atoms with Gasteiger partial charge in [0, 0.05) is 12.8 Å². The molecule has 0 heterocycles. The van der Waals surface area contributed by atoms with Crippen LogP contribution >= 0.6 is 0 Å². The molecule has 0 radical (unpaired) electrons. The second-order valence-electron chi connectivity index (χ2n) is 4.75. The van der Waals surface area contributed by atoms with E-state index in [4.69, 9.17) is 5.11 Å². The maximum atomic E-state index is 11.9. The largest absolute Gasteiger partial charge is 0.507 e. The molecule has 0 saturated carbocycles. The Balaban J connectivity index is 2.31. The van der Waals surface area contributed by atoms with Crippen LogP contribution in [0, 0.1) is 6.92 Å². The summed E-state index contributed by atoms with van der Waals surface area (Å²) in [6.07, 6.45) is 3.62. The molecule has 0 saturated heterocycles. The number of carbonyl (C=O) groups is 2. The quantitative estimate of drug-likeness (QED) is 0.558. The number of aryl methyl sites for hydroxylation is 1. The van der Waals surface area contributed by atoms with Crippen molar-refractivity contribution in [3.63, 3.8) is 0 Å². The van der Waals surface area contributed by atoms with Crippen LogP contribution in [-0.4, -0.2) is 22.0 Å². The second kappa shape index (κ2) is 7.56. The van der Waals surface area contributed by atoms with E-state index >= 15 is 0 Å². The highest BCUT2D eigenvalue weighted by Crippen LogP contribution is 2.21. The molecule has 1 aromatic carbocycles. The minimum Gasteiger partial charge on any atom is -0.507 e. The summed E-state index contributed by atoms with van der Waals surface area (Å²) in [6.45, 7) is 1.88. The molecule has 0 bridgehead atoms. The van der Waals surface area contributed by atoms with E-state index in [0.717, 1.165) is 24.8 Å². The zero-order chi connectivity index (χ0) is 14.3. The lowest BCUT2D eigenvalue weighted by atomic mass is 10.0. The maximum Gasteiger partial charge on any atom is 0.303 e. The van der Waals surface area contributed by atoms with E-state index in [1.807, 2.05) is 6.92 Å². The van der Waals surface area contributed by atoms with Crippen molar-refractivity contribution in [2.24, 2.45) is 0 Å². The second-order valence-corrected chi connectivity index (χ2v) is 4.75. The number of carboxylic acids is 1. The maximum absolute atomic E-state index is 11.9. The zero-order valence-corrected chi connectivity index (χ0v) is 11.2. The molecule has 19 heavy (non-hydrogen) atoms. The Morgan fingerprint density at radius 1 is 1.05 bits per heavy atom. The third-order valence-corrected chi connectivity index (χ3v) is 3.00. The Morgan fingerprint density at radius 2 is 1.68 bits per heavy atom. The van der Waals surface area contributed by atoms with Crippen LogP contribution < -0.4 is 0 Å². The van der Waals surface area contributed by atoms with Gasteiger partial charge in [0.05, 0.1) is 5.56 Å². The molecule has 0 aromatic heterocycles. The first-order valence-corrected chi connectivity index (χ1v) is 6.55. The molecule has 104 valence electrons. The normalized spacial score (nSPS) is 10.4. The van der Waals surface area contributed by atoms with Gasteiger partial charge >= 0.3 is 5.97 Å². The molecule has 0 aliphatic heterocycles. The number of carbonyl (C=O) groups excluding carboxylic acids is 1. The summed E-state index contributed by atoms with van der Waals surface area (Å²) in [5, 5.41) is 18.1. The van der Waals surface area contributed by atoms with Gasteiger partial charge in [-0.1, -0.05) is 24.5 Å². The number of rotatable bonds is 8. The van der Waals surface area contributed by atoms with Gasteiger partial charge in [0.2, 0.25) is 0 Å². The standard InChI is InChI=1S/C15H20O4/c1-11-8-9-14(17)12(10-11)13(16)6-4-2-3-5-7-15(18)19/h8-10,17H,2-7H2,1H3,(H,18,19). The lowest BCUT2D eigenvalue weighted by Crippen LogP contribution is -2.00. The zero-order valence-electron chi connectivity index (χ0n) is 11.2. The van der Waals surface area contributed by atoms with Gasteiger partial charge in [0.25, 0.3) is 0 Å². The Kier molecular flexibility index (Phi) is 6.06. The molecular formula is C15H20O4. The molecule has 0 atom stereocenters. The summed E-state index contributed by atoms with van der Waals surface area (Å²) in [4.78, 5) is 22.2. The molecule has 0 unspecified atom stereocenters.